The molecule has 2 nitrogen and oxygen atoms in total. The van der Waals surface area contributed by atoms with Crippen LogP contribution in [0.25, 0.3) is 0 Å². The van der Waals surface area contributed by atoms with E-state index in [-0.39, 0.29) is 11.4 Å². The third kappa shape index (κ3) is 6.05. The molecule has 0 aromatic heterocycles. The van der Waals surface area contributed by atoms with Gasteiger partial charge in [-0.2, -0.15) is 0 Å². The maximum atomic E-state index is 10.7. The zero-order chi connectivity index (χ0) is 16.8. The average Bonchev–Trinajstić information content (AvgIpc) is 2.36. The Morgan fingerprint density at radius 1 is 1.23 bits per heavy atom. The molecule has 0 radical (unpaired) electrons. The number of carbonyl (C=O) groups is 1. The van der Waals surface area contributed by atoms with E-state index in [0.717, 1.165) is 5.57 Å². The molecule has 1 aliphatic carbocycles. The molecule has 0 unspecified atom stereocenters. The Morgan fingerprint density at radius 3 is 2.50 bits per heavy atom. The molecule has 1 rings (SSSR count). The van der Waals surface area contributed by atoms with Crippen molar-refractivity contribution in [2.24, 2.45) is 5.41 Å². The van der Waals surface area contributed by atoms with Crippen molar-refractivity contribution in [1.29, 1.82) is 0 Å². The van der Waals surface area contributed by atoms with E-state index < -0.39 is 0 Å². The van der Waals surface area contributed by atoms with Crippen molar-refractivity contribution in [3.05, 3.63) is 46.6 Å². The molecular weight excluding hydrogens is 272 g/mol. The fraction of sp³-hybridized carbons (Fsp3) is 0.550. The molecule has 0 amide bonds. The molecule has 0 spiro atoms. The van der Waals surface area contributed by atoms with Crippen molar-refractivity contribution in [3.63, 3.8) is 0 Å². The van der Waals surface area contributed by atoms with Crippen molar-refractivity contribution in [1.82, 2.24) is 0 Å². The highest BCUT2D eigenvalue weighted by atomic mass is 16.5. The van der Waals surface area contributed by atoms with Crippen LogP contribution in [-0.4, -0.2) is 12.6 Å². The minimum absolute atomic E-state index is 0.244. The van der Waals surface area contributed by atoms with E-state index in [9.17, 15) is 4.79 Å². The zero-order valence-corrected chi connectivity index (χ0v) is 15.0. The molecule has 0 aromatic carbocycles. The SMILES string of the molecule is CC(=O)OC/C=C(C)/C=C(C)/C=C/C1=C(C)CCCC1(C)C. The molecule has 2 heteroatoms. The average molecular weight is 302 g/mol. The molecular formula is C20H30O2. The summed E-state index contributed by atoms with van der Waals surface area (Å²) in [6, 6.07) is 0. The molecule has 0 bridgehead atoms. The first kappa shape index (κ1) is 18.5. The third-order valence-electron chi connectivity index (χ3n) is 4.20. The normalized spacial score (nSPS) is 19.7. The number of allylic oxidation sites excluding steroid dienone is 7. The van der Waals surface area contributed by atoms with Gasteiger partial charge in [0.05, 0.1) is 0 Å². The summed E-state index contributed by atoms with van der Waals surface area (Å²) in [5.41, 5.74) is 5.59. The minimum Gasteiger partial charge on any atom is -0.462 e. The van der Waals surface area contributed by atoms with E-state index in [4.69, 9.17) is 4.74 Å². The second-order valence-electron chi connectivity index (χ2n) is 6.90. The van der Waals surface area contributed by atoms with Crippen LogP contribution in [0.3, 0.4) is 0 Å². The van der Waals surface area contributed by atoms with Crippen molar-refractivity contribution in [2.75, 3.05) is 6.61 Å². The monoisotopic (exact) mass is 302 g/mol. The van der Waals surface area contributed by atoms with Crippen LogP contribution in [0.4, 0.5) is 0 Å². The van der Waals surface area contributed by atoms with Crippen LogP contribution in [0, 0.1) is 5.41 Å². The first-order valence-corrected chi connectivity index (χ1v) is 8.09. The van der Waals surface area contributed by atoms with Crippen molar-refractivity contribution in [2.45, 2.75) is 60.8 Å². The number of hydrogen-bond donors (Lipinski definition) is 0. The number of esters is 1. The lowest BCUT2D eigenvalue weighted by molar-refractivity contribution is -0.139. The van der Waals surface area contributed by atoms with Crippen LogP contribution in [-0.2, 0) is 9.53 Å². The van der Waals surface area contributed by atoms with Gasteiger partial charge in [-0.3, -0.25) is 4.79 Å². The summed E-state index contributed by atoms with van der Waals surface area (Å²) >= 11 is 0. The maximum Gasteiger partial charge on any atom is 0.302 e. The number of rotatable bonds is 5. The largest absolute Gasteiger partial charge is 0.462 e. The second kappa shape index (κ2) is 8.17. The van der Waals surface area contributed by atoms with Crippen molar-refractivity contribution < 1.29 is 9.53 Å². The van der Waals surface area contributed by atoms with Gasteiger partial charge in [0.25, 0.3) is 0 Å². The quantitative estimate of drug-likeness (QED) is 0.493. The van der Waals surface area contributed by atoms with E-state index in [1.807, 2.05) is 13.0 Å². The molecule has 122 valence electrons. The Bertz CT molecular complexity index is 528. The lowest BCUT2D eigenvalue weighted by atomic mass is 9.72. The number of hydrogen-bond acceptors (Lipinski definition) is 2. The molecule has 0 fully saturated rings. The number of carbonyl (C=O) groups excluding carboxylic acids is 1. The van der Waals surface area contributed by atoms with Gasteiger partial charge in [0, 0.05) is 6.92 Å². The van der Waals surface area contributed by atoms with Gasteiger partial charge in [-0.15, -0.1) is 0 Å². The van der Waals surface area contributed by atoms with Gasteiger partial charge >= 0.3 is 5.97 Å². The minimum atomic E-state index is -0.244. The van der Waals surface area contributed by atoms with E-state index in [2.05, 4.69) is 45.9 Å². The van der Waals surface area contributed by atoms with Gasteiger partial charge in [-0.25, -0.2) is 0 Å². The lowest BCUT2D eigenvalue weighted by Crippen LogP contribution is -2.19. The van der Waals surface area contributed by atoms with Crippen LogP contribution in [0.15, 0.2) is 46.6 Å². The van der Waals surface area contributed by atoms with E-state index in [0.29, 0.717) is 6.61 Å². The number of ether oxygens (including phenoxy) is 1. The van der Waals surface area contributed by atoms with Crippen LogP contribution < -0.4 is 0 Å². The molecule has 0 N–H and O–H groups in total. The fourth-order valence-electron chi connectivity index (χ4n) is 2.98. The van der Waals surface area contributed by atoms with Gasteiger partial charge in [0.15, 0.2) is 0 Å². The predicted molar refractivity (Wildman–Crippen MR) is 93.6 cm³/mol. The van der Waals surface area contributed by atoms with Crippen LogP contribution in [0.5, 0.6) is 0 Å². The van der Waals surface area contributed by atoms with Gasteiger partial charge in [0.2, 0.25) is 0 Å². The van der Waals surface area contributed by atoms with Crippen LogP contribution in [0.2, 0.25) is 0 Å². The highest BCUT2D eigenvalue weighted by Crippen LogP contribution is 2.40. The Balaban J connectivity index is 2.76. The molecule has 0 aliphatic heterocycles. The molecule has 22 heavy (non-hydrogen) atoms. The molecule has 0 aromatic rings. The Labute approximate surface area is 135 Å². The fourth-order valence-corrected chi connectivity index (χ4v) is 2.98. The van der Waals surface area contributed by atoms with Gasteiger partial charge in [-0.1, -0.05) is 48.8 Å². The summed E-state index contributed by atoms with van der Waals surface area (Å²) in [4.78, 5) is 10.7. The van der Waals surface area contributed by atoms with Crippen molar-refractivity contribution >= 4 is 5.97 Å². The summed E-state index contributed by atoms with van der Waals surface area (Å²) in [6.45, 7) is 12.8. The Morgan fingerprint density at radius 2 is 1.91 bits per heavy atom. The molecule has 0 heterocycles. The van der Waals surface area contributed by atoms with Gasteiger partial charge in [-0.05, 0) is 57.1 Å². The maximum absolute atomic E-state index is 10.7. The molecule has 0 saturated carbocycles. The smallest absolute Gasteiger partial charge is 0.302 e. The first-order chi connectivity index (χ1) is 10.2. The highest BCUT2D eigenvalue weighted by molar-refractivity contribution is 5.66. The Hall–Kier alpha value is -1.57. The standard InChI is InChI=1S/C20H30O2/c1-15(14-16(2)11-13-22-18(4)21)9-10-19-17(3)8-7-12-20(19,5)6/h9-11,14H,7-8,12-13H2,1-6H3/b10-9+,15-14+,16-11+. The van der Waals surface area contributed by atoms with E-state index in [1.165, 1.54) is 42.9 Å². The predicted octanol–water partition coefficient (Wildman–Crippen LogP) is 5.52. The molecule has 0 atom stereocenters. The molecule has 1 aliphatic rings. The molecule has 0 saturated heterocycles. The lowest BCUT2D eigenvalue weighted by Gasteiger charge is -2.32. The summed E-state index contributed by atoms with van der Waals surface area (Å²) in [6.07, 6.45) is 12.3. The van der Waals surface area contributed by atoms with Gasteiger partial charge in [0.1, 0.15) is 6.61 Å². The highest BCUT2D eigenvalue weighted by Gasteiger charge is 2.26. The van der Waals surface area contributed by atoms with Crippen LogP contribution >= 0.6 is 0 Å². The summed E-state index contributed by atoms with van der Waals surface area (Å²) in [5.74, 6) is -0.244. The zero-order valence-electron chi connectivity index (χ0n) is 15.0. The van der Waals surface area contributed by atoms with E-state index in [1.54, 1.807) is 0 Å². The summed E-state index contributed by atoms with van der Waals surface area (Å²) in [7, 11) is 0. The van der Waals surface area contributed by atoms with E-state index >= 15 is 0 Å². The Kier molecular flexibility index (Phi) is 6.86. The van der Waals surface area contributed by atoms with Crippen molar-refractivity contribution in [3.8, 4) is 0 Å². The summed E-state index contributed by atoms with van der Waals surface area (Å²) in [5, 5.41) is 0. The topological polar surface area (TPSA) is 26.3 Å². The van der Waals surface area contributed by atoms with Crippen LogP contribution in [0.1, 0.15) is 60.8 Å². The second-order valence-corrected chi connectivity index (χ2v) is 6.90. The third-order valence-corrected chi connectivity index (χ3v) is 4.20. The first-order valence-electron chi connectivity index (χ1n) is 8.09. The summed E-state index contributed by atoms with van der Waals surface area (Å²) < 4.78 is 4.92. The van der Waals surface area contributed by atoms with Gasteiger partial charge < -0.3 is 4.74 Å².